The lowest BCUT2D eigenvalue weighted by atomic mass is 10.2. The first-order valence-corrected chi connectivity index (χ1v) is 5.87. The van der Waals surface area contributed by atoms with E-state index in [9.17, 15) is 0 Å². The fraction of sp³-hybridized carbons (Fsp3) is 0. The van der Waals surface area contributed by atoms with E-state index in [-0.39, 0.29) is 0 Å². The zero-order chi connectivity index (χ0) is 13.1. The minimum atomic E-state index is 0.477. The minimum absolute atomic E-state index is 0.477. The Kier molecular flexibility index (Phi) is 3.61. The molecule has 0 saturated carbocycles. The molecule has 3 N–H and O–H groups in total. The molecule has 3 nitrogen and oxygen atoms in total. The van der Waals surface area contributed by atoms with Crippen molar-refractivity contribution in [3.63, 3.8) is 0 Å². The Morgan fingerprint density at radius 1 is 1.06 bits per heavy atom. The van der Waals surface area contributed by atoms with Crippen LogP contribution >= 0.6 is 23.2 Å². The van der Waals surface area contributed by atoms with E-state index in [4.69, 9.17) is 34.2 Å². The molecule has 0 aliphatic rings. The Labute approximate surface area is 115 Å². The molecule has 0 unspecified atom stereocenters. The summed E-state index contributed by atoms with van der Waals surface area (Å²) in [5.41, 5.74) is 8.18. The maximum Gasteiger partial charge on any atom is 0.0992 e. The standard InChI is InChI=1S/C13H9Cl2N3/c14-9-2-3-10(15)13(6-9)18-12-4-1-8(7-16)5-11(12)17/h1-6,18H,17H2. The van der Waals surface area contributed by atoms with Crippen molar-refractivity contribution in [3.05, 3.63) is 52.0 Å². The van der Waals surface area contributed by atoms with Crippen LogP contribution in [-0.2, 0) is 0 Å². The number of nitrogens with two attached hydrogens (primary N) is 1. The molecule has 0 bridgehead atoms. The summed E-state index contributed by atoms with van der Waals surface area (Å²) in [4.78, 5) is 0. The second-order valence-electron chi connectivity index (χ2n) is 3.66. The first kappa shape index (κ1) is 12.6. The highest BCUT2D eigenvalue weighted by molar-refractivity contribution is 6.35. The zero-order valence-electron chi connectivity index (χ0n) is 9.24. The van der Waals surface area contributed by atoms with Gasteiger partial charge in [0.1, 0.15) is 0 Å². The van der Waals surface area contributed by atoms with Crippen molar-refractivity contribution >= 4 is 40.3 Å². The molecule has 0 heterocycles. The highest BCUT2D eigenvalue weighted by atomic mass is 35.5. The molecular weight excluding hydrogens is 269 g/mol. The van der Waals surface area contributed by atoms with Gasteiger partial charge in [0.2, 0.25) is 0 Å². The molecule has 2 aromatic rings. The van der Waals surface area contributed by atoms with Gasteiger partial charge in [0.25, 0.3) is 0 Å². The van der Waals surface area contributed by atoms with E-state index in [2.05, 4.69) is 5.32 Å². The van der Waals surface area contributed by atoms with E-state index < -0.39 is 0 Å². The first-order chi connectivity index (χ1) is 8.60. The molecule has 0 aliphatic heterocycles. The number of nitrogens with zero attached hydrogens (tertiary/aromatic N) is 1. The summed E-state index contributed by atoms with van der Waals surface area (Å²) in [5, 5.41) is 13.0. The van der Waals surface area contributed by atoms with E-state index >= 15 is 0 Å². The molecule has 0 aromatic heterocycles. The van der Waals surface area contributed by atoms with Crippen molar-refractivity contribution in [2.45, 2.75) is 0 Å². The van der Waals surface area contributed by atoms with Crippen LogP contribution in [0.3, 0.4) is 0 Å². The van der Waals surface area contributed by atoms with Gasteiger partial charge in [-0.3, -0.25) is 0 Å². The predicted octanol–water partition coefficient (Wildman–Crippen LogP) is 4.19. The summed E-state index contributed by atoms with van der Waals surface area (Å²) in [6.07, 6.45) is 0. The van der Waals surface area contributed by atoms with Gasteiger partial charge in [-0.05, 0) is 36.4 Å². The number of halogens is 2. The Hall–Kier alpha value is -1.89. The molecule has 0 aliphatic carbocycles. The Bertz CT molecular complexity index is 633. The number of hydrogen-bond acceptors (Lipinski definition) is 3. The third-order valence-corrected chi connectivity index (χ3v) is 2.94. The summed E-state index contributed by atoms with van der Waals surface area (Å²) in [6, 6.07) is 12.1. The number of benzene rings is 2. The molecule has 0 radical (unpaired) electrons. The SMILES string of the molecule is N#Cc1ccc(Nc2cc(Cl)ccc2Cl)c(N)c1. The molecular formula is C13H9Cl2N3. The molecule has 0 atom stereocenters. The number of anilines is 3. The number of nitriles is 1. The largest absolute Gasteiger partial charge is 0.397 e. The van der Waals surface area contributed by atoms with Crippen molar-refractivity contribution < 1.29 is 0 Å². The first-order valence-electron chi connectivity index (χ1n) is 5.12. The maximum absolute atomic E-state index is 8.76. The fourth-order valence-corrected chi connectivity index (χ4v) is 1.82. The van der Waals surface area contributed by atoms with E-state index in [1.807, 2.05) is 6.07 Å². The minimum Gasteiger partial charge on any atom is -0.397 e. The smallest absolute Gasteiger partial charge is 0.0992 e. The summed E-state index contributed by atoms with van der Waals surface area (Å²) in [5.74, 6) is 0. The fourth-order valence-electron chi connectivity index (χ4n) is 1.48. The van der Waals surface area contributed by atoms with Crippen LogP contribution in [0.1, 0.15) is 5.56 Å². The van der Waals surface area contributed by atoms with Crippen LogP contribution in [0.5, 0.6) is 0 Å². The van der Waals surface area contributed by atoms with Crippen molar-refractivity contribution in [1.82, 2.24) is 0 Å². The van der Waals surface area contributed by atoms with Crippen molar-refractivity contribution in [2.24, 2.45) is 0 Å². The Morgan fingerprint density at radius 3 is 2.50 bits per heavy atom. The zero-order valence-corrected chi connectivity index (χ0v) is 10.8. The molecule has 0 fully saturated rings. The van der Waals surface area contributed by atoms with E-state index in [0.29, 0.717) is 32.7 Å². The van der Waals surface area contributed by atoms with Crippen LogP contribution in [0, 0.1) is 11.3 Å². The van der Waals surface area contributed by atoms with Crippen molar-refractivity contribution in [3.8, 4) is 6.07 Å². The van der Waals surface area contributed by atoms with Gasteiger partial charge in [-0.15, -0.1) is 0 Å². The Morgan fingerprint density at radius 2 is 1.83 bits per heavy atom. The predicted molar refractivity (Wildman–Crippen MR) is 75.3 cm³/mol. The van der Waals surface area contributed by atoms with Gasteiger partial charge in [0, 0.05) is 5.02 Å². The Balaban J connectivity index is 2.34. The van der Waals surface area contributed by atoms with Gasteiger partial charge in [-0.1, -0.05) is 23.2 Å². The van der Waals surface area contributed by atoms with Gasteiger partial charge < -0.3 is 11.1 Å². The molecule has 0 amide bonds. The van der Waals surface area contributed by atoms with Crippen LogP contribution in [0.2, 0.25) is 10.0 Å². The number of nitrogen functional groups attached to an aromatic ring is 1. The van der Waals surface area contributed by atoms with Crippen LogP contribution in [0.4, 0.5) is 17.1 Å². The molecule has 18 heavy (non-hydrogen) atoms. The second-order valence-corrected chi connectivity index (χ2v) is 4.51. The van der Waals surface area contributed by atoms with E-state index in [1.54, 1.807) is 36.4 Å². The monoisotopic (exact) mass is 277 g/mol. The summed E-state index contributed by atoms with van der Waals surface area (Å²) in [7, 11) is 0. The molecule has 0 spiro atoms. The molecule has 5 heteroatoms. The quantitative estimate of drug-likeness (QED) is 0.809. The van der Waals surface area contributed by atoms with Crippen LogP contribution in [-0.4, -0.2) is 0 Å². The van der Waals surface area contributed by atoms with Gasteiger partial charge in [0.05, 0.1) is 33.7 Å². The average molecular weight is 278 g/mol. The lowest BCUT2D eigenvalue weighted by Crippen LogP contribution is -1.97. The molecule has 0 saturated heterocycles. The third-order valence-electron chi connectivity index (χ3n) is 2.38. The number of hydrogen-bond donors (Lipinski definition) is 2. The normalized spacial score (nSPS) is 9.83. The molecule has 2 rings (SSSR count). The number of rotatable bonds is 2. The second kappa shape index (κ2) is 5.18. The van der Waals surface area contributed by atoms with Crippen molar-refractivity contribution in [2.75, 3.05) is 11.1 Å². The van der Waals surface area contributed by atoms with Gasteiger partial charge in [-0.25, -0.2) is 0 Å². The summed E-state index contributed by atoms with van der Waals surface area (Å²) < 4.78 is 0. The highest BCUT2D eigenvalue weighted by Crippen LogP contribution is 2.30. The lowest BCUT2D eigenvalue weighted by molar-refractivity contribution is 1.47. The highest BCUT2D eigenvalue weighted by Gasteiger charge is 2.05. The summed E-state index contributed by atoms with van der Waals surface area (Å²) in [6.45, 7) is 0. The summed E-state index contributed by atoms with van der Waals surface area (Å²) >= 11 is 11.9. The van der Waals surface area contributed by atoms with Crippen LogP contribution in [0.25, 0.3) is 0 Å². The topological polar surface area (TPSA) is 61.8 Å². The average Bonchev–Trinajstić information content (AvgIpc) is 2.36. The third kappa shape index (κ3) is 2.67. The number of nitrogens with one attached hydrogen (secondary N) is 1. The van der Waals surface area contributed by atoms with Gasteiger partial charge >= 0.3 is 0 Å². The van der Waals surface area contributed by atoms with Crippen LogP contribution < -0.4 is 11.1 Å². The maximum atomic E-state index is 8.76. The van der Waals surface area contributed by atoms with E-state index in [0.717, 1.165) is 0 Å². The van der Waals surface area contributed by atoms with Gasteiger partial charge in [0.15, 0.2) is 0 Å². The van der Waals surface area contributed by atoms with Crippen LogP contribution in [0.15, 0.2) is 36.4 Å². The van der Waals surface area contributed by atoms with Crippen molar-refractivity contribution in [1.29, 1.82) is 5.26 Å². The van der Waals surface area contributed by atoms with E-state index in [1.165, 1.54) is 0 Å². The van der Waals surface area contributed by atoms with Gasteiger partial charge in [-0.2, -0.15) is 5.26 Å². The lowest BCUT2D eigenvalue weighted by Gasteiger charge is -2.11. The molecule has 2 aromatic carbocycles. The molecule has 90 valence electrons.